The monoisotopic (exact) mass is 553 g/mol. The van der Waals surface area contributed by atoms with Gasteiger partial charge in [-0.25, -0.2) is 19.2 Å². The summed E-state index contributed by atoms with van der Waals surface area (Å²) in [6, 6.07) is 15.0. The number of hydrogen-bond donors (Lipinski definition) is 2. The lowest BCUT2D eigenvalue weighted by atomic mass is 9.98. The van der Waals surface area contributed by atoms with Gasteiger partial charge in [-0.2, -0.15) is 0 Å². The van der Waals surface area contributed by atoms with Gasteiger partial charge in [0.25, 0.3) is 0 Å². The molecule has 2 aliphatic rings. The minimum Gasteiger partial charge on any atom is -0.467 e. The molecule has 1 aliphatic heterocycles. The SMILES string of the molecule is COC(=O)[C@@H]1C[C@@H](OC(=O)NCCNC(=O)OC(C)(C)C)CN1C(=O)OCC1c2ccccc2-c2ccccc21. The number of methoxy groups -OCH3 is 1. The Labute approximate surface area is 233 Å². The lowest BCUT2D eigenvalue weighted by Gasteiger charge is -2.23. The van der Waals surface area contributed by atoms with Crippen LogP contribution in [0.15, 0.2) is 48.5 Å². The molecule has 11 heteroatoms. The number of carbonyl (C=O) groups is 4. The highest BCUT2D eigenvalue weighted by atomic mass is 16.6. The standard InChI is InChI=1S/C29H35N3O8/c1-29(2,3)40-27(35)31-14-13-30-26(34)39-18-15-24(25(33)37-4)32(16-18)28(36)38-17-23-21-11-7-5-9-19(21)20-10-6-8-12-22(20)23/h5-12,18,23-24H,13-17H2,1-4H3,(H,30,34)(H,31,35)/t18-,24+/m1/s1. The van der Waals surface area contributed by atoms with Gasteiger partial charge < -0.3 is 29.6 Å². The van der Waals surface area contributed by atoms with Crippen molar-refractivity contribution >= 4 is 24.2 Å². The minimum atomic E-state index is -0.952. The van der Waals surface area contributed by atoms with Crippen LogP contribution in [0.3, 0.4) is 0 Å². The number of amides is 3. The van der Waals surface area contributed by atoms with E-state index in [2.05, 4.69) is 10.6 Å². The molecular weight excluding hydrogens is 518 g/mol. The Hall–Kier alpha value is -4.28. The molecule has 0 radical (unpaired) electrons. The van der Waals surface area contributed by atoms with Crippen LogP contribution in [-0.4, -0.2) is 80.2 Å². The van der Waals surface area contributed by atoms with Crippen LogP contribution in [0.4, 0.5) is 14.4 Å². The van der Waals surface area contributed by atoms with Crippen LogP contribution < -0.4 is 10.6 Å². The third kappa shape index (κ3) is 6.83. The van der Waals surface area contributed by atoms with E-state index in [9.17, 15) is 19.2 Å². The predicted molar refractivity (Wildman–Crippen MR) is 145 cm³/mol. The van der Waals surface area contributed by atoms with E-state index in [0.29, 0.717) is 0 Å². The van der Waals surface area contributed by atoms with Gasteiger partial charge in [0.15, 0.2) is 0 Å². The Morgan fingerprint density at radius 3 is 2.05 bits per heavy atom. The van der Waals surface area contributed by atoms with Gasteiger partial charge in [-0.3, -0.25) is 4.90 Å². The van der Waals surface area contributed by atoms with Crippen molar-refractivity contribution in [2.24, 2.45) is 0 Å². The summed E-state index contributed by atoms with van der Waals surface area (Å²) in [5, 5.41) is 5.06. The summed E-state index contributed by atoms with van der Waals surface area (Å²) >= 11 is 0. The van der Waals surface area contributed by atoms with E-state index in [4.69, 9.17) is 18.9 Å². The van der Waals surface area contributed by atoms with Gasteiger partial charge in [0.2, 0.25) is 0 Å². The third-order valence-electron chi connectivity index (χ3n) is 6.64. The summed E-state index contributed by atoms with van der Waals surface area (Å²) < 4.78 is 21.1. The van der Waals surface area contributed by atoms with E-state index in [0.717, 1.165) is 22.3 Å². The number of hydrogen-bond acceptors (Lipinski definition) is 8. The first-order valence-corrected chi connectivity index (χ1v) is 13.2. The largest absolute Gasteiger partial charge is 0.467 e. The maximum absolute atomic E-state index is 13.1. The minimum absolute atomic E-state index is 0.0278. The maximum Gasteiger partial charge on any atom is 0.410 e. The van der Waals surface area contributed by atoms with Gasteiger partial charge >= 0.3 is 24.2 Å². The molecule has 11 nitrogen and oxygen atoms in total. The van der Waals surface area contributed by atoms with Crippen molar-refractivity contribution in [2.75, 3.05) is 33.4 Å². The van der Waals surface area contributed by atoms with E-state index in [1.807, 2.05) is 48.5 Å². The van der Waals surface area contributed by atoms with Crippen LogP contribution in [0.1, 0.15) is 44.2 Å². The van der Waals surface area contributed by atoms with Crippen molar-refractivity contribution < 1.29 is 38.1 Å². The Morgan fingerprint density at radius 1 is 0.900 bits per heavy atom. The third-order valence-corrected chi connectivity index (χ3v) is 6.64. The first-order valence-electron chi connectivity index (χ1n) is 13.2. The average molecular weight is 554 g/mol. The smallest absolute Gasteiger partial charge is 0.410 e. The molecule has 40 heavy (non-hydrogen) atoms. The molecule has 2 N–H and O–H groups in total. The number of rotatable bonds is 7. The number of fused-ring (bicyclic) bond motifs is 3. The molecule has 1 heterocycles. The molecule has 2 atom stereocenters. The number of benzene rings is 2. The van der Waals surface area contributed by atoms with E-state index >= 15 is 0 Å². The number of ether oxygens (including phenoxy) is 4. The first-order chi connectivity index (χ1) is 19.1. The number of esters is 1. The van der Waals surface area contributed by atoms with Crippen molar-refractivity contribution in [1.29, 1.82) is 0 Å². The topological polar surface area (TPSA) is 132 Å². The molecule has 4 rings (SSSR count). The Morgan fingerprint density at radius 2 is 1.48 bits per heavy atom. The van der Waals surface area contributed by atoms with Gasteiger partial charge in [-0.15, -0.1) is 0 Å². The van der Waals surface area contributed by atoms with Crippen molar-refractivity contribution in [3.63, 3.8) is 0 Å². The highest BCUT2D eigenvalue weighted by Crippen LogP contribution is 2.44. The van der Waals surface area contributed by atoms with Gasteiger partial charge in [0, 0.05) is 25.4 Å². The number of likely N-dealkylation sites (tertiary alicyclic amines) is 1. The molecule has 1 saturated heterocycles. The first kappa shape index (κ1) is 28.7. The summed E-state index contributed by atoms with van der Waals surface area (Å²) in [7, 11) is 1.23. The summed E-state index contributed by atoms with van der Waals surface area (Å²) in [6.07, 6.45) is -2.71. The Kier molecular flexibility index (Phi) is 8.81. The Balaban J connectivity index is 1.31. The van der Waals surface area contributed by atoms with Crippen LogP contribution in [0.2, 0.25) is 0 Å². The summed E-state index contributed by atoms with van der Waals surface area (Å²) in [6.45, 7) is 5.53. The van der Waals surface area contributed by atoms with E-state index in [-0.39, 0.29) is 38.6 Å². The molecule has 214 valence electrons. The van der Waals surface area contributed by atoms with Crippen LogP contribution in [0.25, 0.3) is 11.1 Å². The summed E-state index contributed by atoms with van der Waals surface area (Å²) in [4.78, 5) is 50.8. The number of nitrogens with zero attached hydrogens (tertiary/aromatic N) is 1. The molecule has 1 fully saturated rings. The van der Waals surface area contributed by atoms with Gasteiger partial charge in [-0.1, -0.05) is 48.5 Å². The lowest BCUT2D eigenvalue weighted by molar-refractivity contribution is -0.145. The molecule has 0 aromatic heterocycles. The second kappa shape index (κ2) is 12.3. The lowest BCUT2D eigenvalue weighted by Crippen LogP contribution is -2.42. The fraction of sp³-hybridized carbons (Fsp3) is 0.448. The molecule has 1 aliphatic carbocycles. The number of nitrogens with one attached hydrogen (secondary N) is 2. The van der Waals surface area contributed by atoms with Crippen LogP contribution in [-0.2, 0) is 23.7 Å². The molecule has 0 saturated carbocycles. The molecule has 3 amide bonds. The maximum atomic E-state index is 13.1. The van der Waals surface area contributed by atoms with Crippen molar-refractivity contribution in [3.05, 3.63) is 59.7 Å². The molecular formula is C29H35N3O8. The molecule has 2 aromatic carbocycles. The second-order valence-corrected chi connectivity index (χ2v) is 10.6. The fourth-order valence-corrected chi connectivity index (χ4v) is 4.96. The van der Waals surface area contributed by atoms with E-state index < -0.39 is 42.0 Å². The summed E-state index contributed by atoms with van der Waals surface area (Å²) in [5.41, 5.74) is 3.72. The number of carbonyl (C=O) groups excluding carboxylic acids is 4. The fourth-order valence-electron chi connectivity index (χ4n) is 4.96. The van der Waals surface area contributed by atoms with Crippen molar-refractivity contribution in [3.8, 4) is 11.1 Å². The van der Waals surface area contributed by atoms with Crippen LogP contribution >= 0.6 is 0 Å². The quantitative estimate of drug-likeness (QED) is 0.301. The van der Waals surface area contributed by atoms with Crippen LogP contribution in [0.5, 0.6) is 0 Å². The van der Waals surface area contributed by atoms with Gasteiger partial charge in [0.1, 0.15) is 24.4 Å². The molecule has 0 spiro atoms. The molecule has 2 aromatic rings. The van der Waals surface area contributed by atoms with E-state index in [1.54, 1.807) is 20.8 Å². The molecule has 0 bridgehead atoms. The van der Waals surface area contributed by atoms with Crippen molar-refractivity contribution in [2.45, 2.75) is 50.9 Å². The number of alkyl carbamates (subject to hydrolysis) is 2. The molecule has 0 unspecified atom stereocenters. The zero-order valence-corrected chi connectivity index (χ0v) is 23.1. The zero-order valence-electron chi connectivity index (χ0n) is 23.1. The Bertz CT molecular complexity index is 1210. The highest BCUT2D eigenvalue weighted by molar-refractivity contribution is 5.83. The second-order valence-electron chi connectivity index (χ2n) is 10.6. The zero-order chi connectivity index (χ0) is 28.9. The van der Waals surface area contributed by atoms with Crippen molar-refractivity contribution in [1.82, 2.24) is 15.5 Å². The average Bonchev–Trinajstić information content (AvgIpc) is 3.47. The van der Waals surface area contributed by atoms with Gasteiger partial charge in [0.05, 0.1) is 13.7 Å². The van der Waals surface area contributed by atoms with Crippen LogP contribution in [0, 0.1) is 0 Å². The predicted octanol–water partition coefficient (Wildman–Crippen LogP) is 3.80. The normalized spacial score (nSPS) is 17.9. The highest BCUT2D eigenvalue weighted by Gasteiger charge is 2.43. The van der Waals surface area contributed by atoms with Gasteiger partial charge in [-0.05, 0) is 43.0 Å². The summed E-state index contributed by atoms with van der Waals surface area (Å²) in [5.74, 6) is -0.760. The van der Waals surface area contributed by atoms with E-state index in [1.165, 1.54) is 12.0 Å².